The molecule has 0 aromatic heterocycles. The van der Waals surface area contributed by atoms with E-state index in [1.807, 2.05) is 19.2 Å². The summed E-state index contributed by atoms with van der Waals surface area (Å²) in [5.41, 5.74) is 7.52. The molecule has 0 atom stereocenters. The molecule has 0 saturated heterocycles. The van der Waals surface area contributed by atoms with Crippen molar-refractivity contribution in [3.63, 3.8) is 0 Å². The molecule has 1 aromatic rings. The van der Waals surface area contributed by atoms with Crippen molar-refractivity contribution in [3.05, 3.63) is 35.4 Å². The monoisotopic (exact) mass is 291 g/mol. The lowest BCUT2D eigenvalue weighted by Gasteiger charge is -2.17. The van der Waals surface area contributed by atoms with Gasteiger partial charge in [-0.2, -0.15) is 5.26 Å². The van der Waals surface area contributed by atoms with Crippen LogP contribution >= 0.6 is 0 Å². The number of hydrogen-bond acceptors (Lipinski definition) is 5. The zero-order valence-corrected chi connectivity index (χ0v) is 12.5. The predicted molar refractivity (Wildman–Crippen MR) is 82.4 cm³/mol. The van der Waals surface area contributed by atoms with E-state index in [0.717, 1.165) is 12.2 Å². The van der Waals surface area contributed by atoms with Crippen LogP contribution in [0.1, 0.15) is 19.4 Å². The van der Waals surface area contributed by atoms with Crippen LogP contribution in [-0.2, 0) is 9.53 Å². The highest BCUT2D eigenvalue weighted by molar-refractivity contribution is 6.01. The minimum Gasteiger partial charge on any atom is -0.462 e. The van der Waals surface area contributed by atoms with Gasteiger partial charge in [0, 0.05) is 19.3 Å². The molecule has 1 rings (SSSR count). The molecule has 0 unspecified atom stereocenters. The van der Waals surface area contributed by atoms with Gasteiger partial charge in [0.05, 0.1) is 12.3 Å². The fourth-order valence-electron chi connectivity index (χ4n) is 1.64. The van der Waals surface area contributed by atoms with Crippen LogP contribution in [0.25, 0.3) is 5.70 Å². The van der Waals surface area contributed by atoms with Crippen molar-refractivity contribution in [3.8, 4) is 6.07 Å². The number of nitriles is 1. The van der Waals surface area contributed by atoms with Gasteiger partial charge in [-0.05, 0) is 31.5 Å². The van der Waals surface area contributed by atoms with Crippen LogP contribution < -0.4 is 10.6 Å². The molecule has 4 N–H and O–H groups in total. The molecule has 0 amide bonds. The standard InChI is InChI=1S/C15H19N3O2.H2O/c1-4-18(3)12-8-6-11(7-9-12)14(17)13(10-16)15(19)20-5-2;/h6-9H,4-5,17H2,1-3H3;1H2. The Bertz CT molecular complexity index is 544. The number of nitrogens with zero attached hydrogens (tertiary/aromatic N) is 2. The van der Waals surface area contributed by atoms with Crippen LogP contribution in [0.3, 0.4) is 0 Å². The molecular formula is C15H21N3O3. The quantitative estimate of drug-likeness (QED) is 0.495. The lowest BCUT2D eigenvalue weighted by Crippen LogP contribution is -2.16. The van der Waals surface area contributed by atoms with E-state index in [0.29, 0.717) is 5.56 Å². The zero-order valence-electron chi connectivity index (χ0n) is 12.5. The van der Waals surface area contributed by atoms with Crippen molar-refractivity contribution in [2.75, 3.05) is 25.1 Å². The molecular weight excluding hydrogens is 270 g/mol. The van der Waals surface area contributed by atoms with E-state index in [2.05, 4.69) is 11.8 Å². The highest BCUT2D eigenvalue weighted by Gasteiger charge is 2.15. The maximum atomic E-state index is 11.6. The van der Waals surface area contributed by atoms with E-state index in [-0.39, 0.29) is 23.4 Å². The molecule has 0 aliphatic carbocycles. The third-order valence-electron chi connectivity index (χ3n) is 2.95. The third-order valence-corrected chi connectivity index (χ3v) is 2.95. The molecule has 1 aromatic carbocycles. The highest BCUT2D eigenvalue weighted by Crippen LogP contribution is 2.19. The van der Waals surface area contributed by atoms with Gasteiger partial charge in [-0.3, -0.25) is 0 Å². The number of nitrogens with two attached hydrogens (primary N) is 1. The first-order chi connectivity index (χ1) is 9.54. The van der Waals surface area contributed by atoms with E-state index in [1.165, 1.54) is 0 Å². The van der Waals surface area contributed by atoms with Crippen molar-refractivity contribution in [2.45, 2.75) is 13.8 Å². The first-order valence-electron chi connectivity index (χ1n) is 6.43. The Labute approximate surface area is 124 Å². The Hall–Kier alpha value is -2.52. The second-order valence-electron chi connectivity index (χ2n) is 4.18. The number of carbonyl (C=O) groups is 1. The maximum absolute atomic E-state index is 11.6. The molecule has 6 heteroatoms. The van der Waals surface area contributed by atoms with Gasteiger partial charge in [0.15, 0.2) is 5.57 Å². The van der Waals surface area contributed by atoms with Crippen molar-refractivity contribution in [1.82, 2.24) is 0 Å². The molecule has 6 nitrogen and oxygen atoms in total. The normalized spacial score (nSPS) is 10.8. The average Bonchev–Trinajstić information content (AvgIpc) is 2.47. The van der Waals surface area contributed by atoms with Crippen molar-refractivity contribution in [2.24, 2.45) is 5.73 Å². The van der Waals surface area contributed by atoms with E-state index in [4.69, 9.17) is 15.7 Å². The molecule has 0 saturated carbocycles. The van der Waals surface area contributed by atoms with Gasteiger partial charge in [0.25, 0.3) is 0 Å². The molecule has 114 valence electrons. The number of rotatable bonds is 5. The summed E-state index contributed by atoms with van der Waals surface area (Å²) in [5, 5.41) is 9.04. The lowest BCUT2D eigenvalue weighted by molar-refractivity contribution is -0.137. The molecule has 0 fully saturated rings. The van der Waals surface area contributed by atoms with Crippen molar-refractivity contribution < 1.29 is 15.0 Å². The summed E-state index contributed by atoms with van der Waals surface area (Å²) in [7, 11) is 1.98. The topological polar surface area (TPSA) is 111 Å². The summed E-state index contributed by atoms with van der Waals surface area (Å²) in [6.45, 7) is 4.82. The summed E-state index contributed by atoms with van der Waals surface area (Å²) < 4.78 is 4.81. The van der Waals surface area contributed by atoms with E-state index in [1.54, 1.807) is 25.1 Å². The summed E-state index contributed by atoms with van der Waals surface area (Å²) in [5.74, 6) is -0.692. The highest BCUT2D eigenvalue weighted by atomic mass is 16.5. The molecule has 0 bridgehead atoms. The Morgan fingerprint density at radius 2 is 1.90 bits per heavy atom. The first-order valence-corrected chi connectivity index (χ1v) is 6.43. The zero-order chi connectivity index (χ0) is 15.1. The molecule has 0 radical (unpaired) electrons. The van der Waals surface area contributed by atoms with Crippen LogP contribution in [0, 0.1) is 11.3 Å². The van der Waals surface area contributed by atoms with E-state index in [9.17, 15) is 4.79 Å². The Balaban J connectivity index is 0.00000400. The van der Waals surface area contributed by atoms with Gasteiger partial charge in [0.2, 0.25) is 0 Å². The summed E-state index contributed by atoms with van der Waals surface area (Å²) in [4.78, 5) is 13.7. The Morgan fingerprint density at radius 3 is 2.33 bits per heavy atom. The van der Waals surface area contributed by atoms with E-state index < -0.39 is 5.97 Å². The van der Waals surface area contributed by atoms with Crippen molar-refractivity contribution >= 4 is 17.4 Å². The lowest BCUT2D eigenvalue weighted by atomic mass is 10.1. The molecule has 0 spiro atoms. The van der Waals surface area contributed by atoms with Gasteiger partial charge in [0.1, 0.15) is 6.07 Å². The van der Waals surface area contributed by atoms with Crippen LogP contribution in [0.2, 0.25) is 0 Å². The summed E-state index contributed by atoms with van der Waals surface area (Å²) in [6.07, 6.45) is 0. The average molecular weight is 291 g/mol. The van der Waals surface area contributed by atoms with Gasteiger partial charge >= 0.3 is 5.97 Å². The van der Waals surface area contributed by atoms with Gasteiger partial charge < -0.3 is 20.8 Å². The van der Waals surface area contributed by atoms with Gasteiger partial charge in [-0.1, -0.05) is 12.1 Å². The fraction of sp³-hybridized carbons (Fsp3) is 0.333. The van der Waals surface area contributed by atoms with Gasteiger partial charge in [-0.15, -0.1) is 0 Å². The second kappa shape index (κ2) is 8.61. The molecule has 21 heavy (non-hydrogen) atoms. The maximum Gasteiger partial charge on any atom is 0.351 e. The molecule has 0 aliphatic rings. The number of hydrogen-bond donors (Lipinski definition) is 1. The number of anilines is 1. The predicted octanol–water partition coefficient (Wildman–Crippen LogP) is 1.07. The Kier molecular flexibility index (Phi) is 7.58. The fourth-order valence-corrected chi connectivity index (χ4v) is 1.64. The molecule has 0 aliphatic heterocycles. The smallest absolute Gasteiger partial charge is 0.351 e. The van der Waals surface area contributed by atoms with Crippen LogP contribution in [0.15, 0.2) is 29.8 Å². The summed E-state index contributed by atoms with van der Waals surface area (Å²) >= 11 is 0. The van der Waals surface area contributed by atoms with Crippen LogP contribution in [-0.4, -0.2) is 31.6 Å². The van der Waals surface area contributed by atoms with E-state index >= 15 is 0 Å². The third kappa shape index (κ3) is 4.51. The summed E-state index contributed by atoms with van der Waals surface area (Å²) in [6, 6.07) is 9.16. The van der Waals surface area contributed by atoms with Crippen LogP contribution in [0.4, 0.5) is 5.69 Å². The number of esters is 1. The number of benzene rings is 1. The van der Waals surface area contributed by atoms with Gasteiger partial charge in [-0.25, -0.2) is 4.79 Å². The molecule has 0 heterocycles. The minimum absolute atomic E-state index is 0. The largest absolute Gasteiger partial charge is 0.462 e. The van der Waals surface area contributed by atoms with Crippen molar-refractivity contribution in [1.29, 1.82) is 5.26 Å². The number of ether oxygens (including phenoxy) is 1. The second-order valence-corrected chi connectivity index (χ2v) is 4.18. The first kappa shape index (κ1) is 18.5. The minimum atomic E-state index is -0.692. The van der Waals surface area contributed by atoms with Crippen LogP contribution in [0.5, 0.6) is 0 Å². The SMILES string of the molecule is CCOC(=O)C(C#N)=C(N)c1ccc(N(C)CC)cc1.O. The Morgan fingerprint density at radius 1 is 1.33 bits per heavy atom. The number of carbonyl (C=O) groups excluding carboxylic acids is 1.